The molecule has 0 radical (unpaired) electrons. The Hall–Kier alpha value is -3.32. The number of hydrogen-bond donors (Lipinski definition) is 0. The molecule has 0 spiro atoms. The SMILES string of the molecule is COc1ccc(N=Cc2ccc(OS(=O)(=O)c3ccccc3)c(OC)c2)cc1. The van der Waals surface area contributed by atoms with Crippen LogP contribution in [-0.4, -0.2) is 28.9 Å². The van der Waals surface area contributed by atoms with Gasteiger partial charge in [-0.25, -0.2) is 0 Å². The van der Waals surface area contributed by atoms with Gasteiger partial charge in [0.05, 0.1) is 19.9 Å². The summed E-state index contributed by atoms with van der Waals surface area (Å²) in [5, 5.41) is 0. The number of nitrogens with zero attached hydrogens (tertiary/aromatic N) is 1. The van der Waals surface area contributed by atoms with Crippen molar-refractivity contribution in [3.63, 3.8) is 0 Å². The molecule has 0 unspecified atom stereocenters. The fourth-order valence-electron chi connectivity index (χ4n) is 2.40. The van der Waals surface area contributed by atoms with E-state index in [9.17, 15) is 8.42 Å². The first kappa shape index (κ1) is 19.4. The molecular weight excluding hydrogens is 378 g/mol. The van der Waals surface area contributed by atoms with Crippen LogP contribution in [0.5, 0.6) is 17.2 Å². The van der Waals surface area contributed by atoms with Crippen molar-refractivity contribution in [1.29, 1.82) is 0 Å². The Labute approximate surface area is 164 Å². The van der Waals surface area contributed by atoms with E-state index in [1.165, 1.54) is 25.3 Å². The predicted molar refractivity (Wildman–Crippen MR) is 107 cm³/mol. The lowest BCUT2D eigenvalue weighted by molar-refractivity contribution is 0.390. The Morgan fingerprint density at radius 2 is 1.54 bits per heavy atom. The van der Waals surface area contributed by atoms with Gasteiger partial charge in [0, 0.05) is 6.21 Å². The van der Waals surface area contributed by atoms with Gasteiger partial charge in [-0.05, 0) is 60.2 Å². The summed E-state index contributed by atoms with van der Waals surface area (Å²) in [5.74, 6) is 1.15. The van der Waals surface area contributed by atoms with Gasteiger partial charge in [0.2, 0.25) is 0 Å². The van der Waals surface area contributed by atoms with Crippen molar-refractivity contribution in [1.82, 2.24) is 0 Å². The van der Waals surface area contributed by atoms with Crippen molar-refractivity contribution in [2.75, 3.05) is 14.2 Å². The van der Waals surface area contributed by atoms with Crippen LogP contribution in [-0.2, 0) is 10.1 Å². The molecule has 0 aromatic heterocycles. The number of benzene rings is 3. The lowest BCUT2D eigenvalue weighted by atomic mass is 10.2. The largest absolute Gasteiger partial charge is 0.497 e. The lowest BCUT2D eigenvalue weighted by Gasteiger charge is -2.11. The molecule has 0 saturated carbocycles. The van der Waals surface area contributed by atoms with Crippen molar-refractivity contribution in [3.8, 4) is 17.2 Å². The number of ether oxygens (including phenoxy) is 2. The summed E-state index contributed by atoms with van der Waals surface area (Å²) in [7, 11) is -0.897. The van der Waals surface area contributed by atoms with E-state index in [1.807, 2.05) is 24.3 Å². The molecule has 0 amide bonds. The molecule has 3 aromatic rings. The zero-order chi connectivity index (χ0) is 20.0. The first-order chi connectivity index (χ1) is 13.5. The minimum Gasteiger partial charge on any atom is -0.497 e. The van der Waals surface area contributed by atoms with Crippen molar-refractivity contribution in [2.45, 2.75) is 4.90 Å². The van der Waals surface area contributed by atoms with E-state index in [0.717, 1.165) is 17.0 Å². The van der Waals surface area contributed by atoms with Crippen LogP contribution in [0.1, 0.15) is 5.56 Å². The topological polar surface area (TPSA) is 74.2 Å². The molecule has 6 nitrogen and oxygen atoms in total. The Morgan fingerprint density at radius 3 is 2.18 bits per heavy atom. The molecule has 0 N–H and O–H groups in total. The smallest absolute Gasteiger partial charge is 0.339 e. The third-order valence-electron chi connectivity index (χ3n) is 3.85. The standard InChI is InChI=1S/C21H19NO5S/c1-25-18-11-9-17(10-12-18)22-15-16-8-13-20(21(14-16)26-2)27-28(23,24)19-6-4-3-5-7-19/h3-15H,1-2H3. The highest BCUT2D eigenvalue weighted by molar-refractivity contribution is 7.87. The molecule has 0 aliphatic rings. The first-order valence-corrected chi connectivity index (χ1v) is 9.78. The van der Waals surface area contributed by atoms with Crippen molar-refractivity contribution < 1.29 is 22.1 Å². The summed E-state index contributed by atoms with van der Waals surface area (Å²) < 4.78 is 40.4. The average Bonchev–Trinajstić information content (AvgIpc) is 2.73. The molecule has 0 bridgehead atoms. The summed E-state index contributed by atoms with van der Waals surface area (Å²) in [5.41, 5.74) is 1.49. The highest BCUT2D eigenvalue weighted by Crippen LogP contribution is 2.30. The minimum absolute atomic E-state index is 0.0715. The molecule has 0 aliphatic carbocycles. The molecule has 0 saturated heterocycles. The third kappa shape index (κ3) is 4.69. The second kappa shape index (κ2) is 8.58. The van der Waals surface area contributed by atoms with E-state index in [0.29, 0.717) is 0 Å². The van der Waals surface area contributed by atoms with Gasteiger partial charge < -0.3 is 13.7 Å². The molecule has 0 fully saturated rings. The second-order valence-corrected chi connectivity index (χ2v) is 7.26. The quantitative estimate of drug-likeness (QED) is 0.441. The van der Waals surface area contributed by atoms with Gasteiger partial charge in [-0.15, -0.1) is 0 Å². The fourth-order valence-corrected chi connectivity index (χ4v) is 3.36. The molecule has 3 aromatic carbocycles. The molecule has 0 atom stereocenters. The summed E-state index contributed by atoms with van der Waals surface area (Å²) in [6, 6.07) is 20.1. The average molecular weight is 397 g/mol. The molecule has 28 heavy (non-hydrogen) atoms. The maximum atomic E-state index is 12.4. The van der Waals surface area contributed by atoms with Crippen LogP contribution < -0.4 is 13.7 Å². The summed E-state index contributed by atoms with van der Waals surface area (Å²) in [6.45, 7) is 0. The molecule has 3 rings (SSSR count). The van der Waals surface area contributed by atoms with E-state index in [4.69, 9.17) is 13.7 Å². The van der Waals surface area contributed by atoms with Crippen LogP contribution in [0.25, 0.3) is 0 Å². The normalized spacial score (nSPS) is 11.4. The van der Waals surface area contributed by atoms with Crippen molar-refractivity contribution in [2.24, 2.45) is 4.99 Å². The third-order valence-corrected chi connectivity index (χ3v) is 5.10. The maximum absolute atomic E-state index is 12.4. The van der Waals surface area contributed by atoms with E-state index in [-0.39, 0.29) is 16.4 Å². The van der Waals surface area contributed by atoms with Gasteiger partial charge in [-0.3, -0.25) is 4.99 Å². The van der Waals surface area contributed by atoms with Crippen LogP contribution in [0.2, 0.25) is 0 Å². The van der Waals surface area contributed by atoms with Gasteiger partial charge in [0.1, 0.15) is 10.6 Å². The van der Waals surface area contributed by atoms with Crippen LogP contribution in [0.15, 0.2) is 82.7 Å². The minimum atomic E-state index is -3.95. The molecular formula is C21H19NO5S. The van der Waals surface area contributed by atoms with Gasteiger partial charge in [-0.1, -0.05) is 18.2 Å². The van der Waals surface area contributed by atoms with Crippen molar-refractivity contribution in [3.05, 3.63) is 78.4 Å². The zero-order valence-electron chi connectivity index (χ0n) is 15.4. The summed E-state index contributed by atoms with van der Waals surface area (Å²) in [6.07, 6.45) is 1.65. The number of aliphatic imine (C=N–C) groups is 1. The van der Waals surface area contributed by atoms with Crippen LogP contribution in [0.4, 0.5) is 5.69 Å². The van der Waals surface area contributed by atoms with Crippen LogP contribution >= 0.6 is 0 Å². The summed E-state index contributed by atoms with van der Waals surface area (Å²) >= 11 is 0. The Bertz CT molecular complexity index is 1060. The van der Waals surface area contributed by atoms with Crippen LogP contribution in [0, 0.1) is 0 Å². The van der Waals surface area contributed by atoms with E-state index in [1.54, 1.807) is 43.7 Å². The fraction of sp³-hybridized carbons (Fsp3) is 0.0952. The van der Waals surface area contributed by atoms with E-state index < -0.39 is 10.1 Å². The molecule has 0 heterocycles. The van der Waals surface area contributed by atoms with E-state index in [2.05, 4.69) is 4.99 Å². The predicted octanol–water partition coefficient (Wildman–Crippen LogP) is 4.22. The second-order valence-electron chi connectivity index (χ2n) is 5.72. The number of rotatable bonds is 7. The Morgan fingerprint density at radius 1 is 0.821 bits per heavy atom. The lowest BCUT2D eigenvalue weighted by Crippen LogP contribution is -2.10. The molecule has 0 aliphatic heterocycles. The molecule has 144 valence electrons. The van der Waals surface area contributed by atoms with E-state index >= 15 is 0 Å². The highest BCUT2D eigenvalue weighted by Gasteiger charge is 2.18. The van der Waals surface area contributed by atoms with Gasteiger partial charge in [-0.2, -0.15) is 8.42 Å². The number of hydrogen-bond acceptors (Lipinski definition) is 6. The van der Waals surface area contributed by atoms with Gasteiger partial charge in [0.25, 0.3) is 0 Å². The Kier molecular flexibility index (Phi) is 5.96. The first-order valence-electron chi connectivity index (χ1n) is 8.37. The van der Waals surface area contributed by atoms with Crippen molar-refractivity contribution >= 4 is 22.0 Å². The zero-order valence-corrected chi connectivity index (χ0v) is 16.2. The maximum Gasteiger partial charge on any atom is 0.339 e. The highest BCUT2D eigenvalue weighted by atomic mass is 32.2. The van der Waals surface area contributed by atoms with Crippen LogP contribution in [0.3, 0.4) is 0 Å². The Balaban J connectivity index is 1.81. The number of methoxy groups -OCH3 is 2. The van der Waals surface area contributed by atoms with Gasteiger partial charge in [0.15, 0.2) is 11.5 Å². The molecule has 7 heteroatoms. The summed E-state index contributed by atoms with van der Waals surface area (Å²) in [4.78, 5) is 4.46. The monoisotopic (exact) mass is 397 g/mol. The van der Waals surface area contributed by atoms with Gasteiger partial charge >= 0.3 is 10.1 Å².